The number of rotatable bonds is 8. The Balaban J connectivity index is 2.21. The molecule has 2 N–H and O–H groups in total. The van der Waals surface area contributed by atoms with Gasteiger partial charge in [-0.15, -0.1) is 0 Å². The number of aromatic nitrogens is 1. The Morgan fingerprint density at radius 1 is 1.26 bits per heavy atom. The number of aromatic amines is 1. The van der Waals surface area contributed by atoms with Gasteiger partial charge in [-0.1, -0.05) is 0 Å². The summed E-state index contributed by atoms with van der Waals surface area (Å²) in [6.45, 7) is 3.58. The van der Waals surface area contributed by atoms with Gasteiger partial charge in [-0.2, -0.15) is 18.4 Å². The molecule has 1 aromatic heterocycles. The maximum absolute atomic E-state index is 13.1. The number of anilines is 1. The van der Waals surface area contributed by atoms with E-state index < -0.39 is 23.2 Å². The summed E-state index contributed by atoms with van der Waals surface area (Å²) in [6, 6.07) is 4.65. The summed E-state index contributed by atoms with van der Waals surface area (Å²) in [7, 11) is 1.46. The molecule has 2 aromatic rings. The first-order valence-electron chi connectivity index (χ1n) is 9.33. The van der Waals surface area contributed by atoms with E-state index in [1.165, 1.54) is 7.11 Å². The van der Waals surface area contributed by atoms with Gasteiger partial charge in [0.15, 0.2) is 0 Å². The summed E-state index contributed by atoms with van der Waals surface area (Å²) < 4.78 is 49.5. The van der Waals surface area contributed by atoms with Crippen molar-refractivity contribution in [1.82, 2.24) is 4.98 Å². The molecule has 10 heteroatoms. The van der Waals surface area contributed by atoms with Crippen molar-refractivity contribution in [2.24, 2.45) is 0 Å². The van der Waals surface area contributed by atoms with Gasteiger partial charge in [-0.3, -0.25) is 9.59 Å². The average molecular weight is 437 g/mol. The number of nitriles is 1. The highest BCUT2D eigenvalue weighted by Gasteiger charge is 2.31. The van der Waals surface area contributed by atoms with E-state index in [9.17, 15) is 22.8 Å². The molecule has 31 heavy (non-hydrogen) atoms. The van der Waals surface area contributed by atoms with Gasteiger partial charge < -0.3 is 19.8 Å². The number of amides is 1. The van der Waals surface area contributed by atoms with Gasteiger partial charge in [0.05, 0.1) is 17.9 Å². The number of methoxy groups -OCH3 is 1. The minimum atomic E-state index is -4.58. The zero-order valence-corrected chi connectivity index (χ0v) is 17.3. The lowest BCUT2D eigenvalue weighted by Crippen LogP contribution is -2.19. The molecule has 2 rings (SSSR count). The smallest absolute Gasteiger partial charge is 0.416 e. The number of alkyl halides is 3. The van der Waals surface area contributed by atoms with Crippen molar-refractivity contribution in [3.05, 3.63) is 56.5 Å². The molecule has 0 fully saturated rings. The van der Waals surface area contributed by atoms with Gasteiger partial charge in [0.2, 0.25) is 5.91 Å². The molecule has 0 spiro atoms. The summed E-state index contributed by atoms with van der Waals surface area (Å²) in [5.74, 6) is -0.457. The maximum Gasteiger partial charge on any atom is 0.416 e. The lowest BCUT2D eigenvalue weighted by Gasteiger charge is -2.16. The first-order valence-corrected chi connectivity index (χ1v) is 9.33. The van der Waals surface area contributed by atoms with Crippen LogP contribution in [0.1, 0.15) is 34.4 Å². The Kier molecular flexibility index (Phi) is 7.83. The van der Waals surface area contributed by atoms with Crippen LogP contribution in [0.3, 0.4) is 0 Å². The van der Waals surface area contributed by atoms with Crippen LogP contribution in [0, 0.1) is 25.2 Å². The molecule has 0 aliphatic rings. The number of hydrogen-bond acceptors (Lipinski definition) is 5. The number of aryl methyl sites for hydroxylation is 1. The van der Waals surface area contributed by atoms with Crippen molar-refractivity contribution < 1.29 is 27.4 Å². The largest absolute Gasteiger partial charge is 0.489 e. The van der Waals surface area contributed by atoms with Crippen molar-refractivity contribution in [2.45, 2.75) is 32.9 Å². The maximum atomic E-state index is 13.1. The fraction of sp³-hybridized carbons (Fsp3) is 0.381. The molecule has 1 amide bonds. The minimum absolute atomic E-state index is 0.0345. The number of halogens is 3. The highest BCUT2D eigenvalue weighted by Crippen LogP contribution is 2.35. The van der Waals surface area contributed by atoms with Crippen LogP contribution >= 0.6 is 0 Å². The van der Waals surface area contributed by atoms with E-state index in [0.29, 0.717) is 16.8 Å². The van der Waals surface area contributed by atoms with Gasteiger partial charge in [0.1, 0.15) is 24.0 Å². The second-order valence-corrected chi connectivity index (χ2v) is 6.77. The molecular formula is C21H22F3N3O4. The molecular weight excluding hydrogens is 415 g/mol. The minimum Gasteiger partial charge on any atom is -0.489 e. The van der Waals surface area contributed by atoms with Gasteiger partial charge in [-0.05, 0) is 49.6 Å². The molecule has 0 aliphatic carbocycles. The molecule has 0 bridgehead atoms. The second kappa shape index (κ2) is 10.1. The summed E-state index contributed by atoms with van der Waals surface area (Å²) >= 11 is 0. The van der Waals surface area contributed by atoms with Gasteiger partial charge in [0.25, 0.3) is 5.56 Å². The molecule has 7 nitrogen and oxygen atoms in total. The number of nitrogens with one attached hydrogen (secondary N) is 2. The average Bonchev–Trinajstić information content (AvgIpc) is 2.68. The fourth-order valence-corrected chi connectivity index (χ4v) is 3.04. The number of H-pyrrole nitrogens is 1. The van der Waals surface area contributed by atoms with E-state index in [4.69, 9.17) is 14.7 Å². The van der Waals surface area contributed by atoms with E-state index in [1.807, 2.05) is 6.07 Å². The quantitative estimate of drug-likeness (QED) is 0.616. The molecule has 0 saturated carbocycles. The Morgan fingerprint density at radius 2 is 1.97 bits per heavy atom. The van der Waals surface area contributed by atoms with E-state index in [-0.39, 0.29) is 43.1 Å². The Hall–Kier alpha value is -3.32. The molecule has 0 unspecified atom stereocenters. The van der Waals surface area contributed by atoms with Crippen LogP contribution in [0.25, 0.3) is 0 Å². The summed E-state index contributed by atoms with van der Waals surface area (Å²) in [6.07, 6.45) is -4.47. The Bertz CT molecular complexity index is 1060. The van der Waals surface area contributed by atoms with Crippen molar-refractivity contribution in [2.75, 3.05) is 25.6 Å². The number of carbonyl (C=O) groups excluding carboxylic acids is 1. The third kappa shape index (κ3) is 6.08. The van der Waals surface area contributed by atoms with E-state index in [0.717, 1.165) is 18.2 Å². The fourth-order valence-electron chi connectivity index (χ4n) is 3.04. The molecule has 166 valence electrons. The van der Waals surface area contributed by atoms with Crippen molar-refractivity contribution in [3.63, 3.8) is 0 Å². The number of carbonyl (C=O) groups is 1. The third-order valence-corrected chi connectivity index (χ3v) is 4.65. The standard InChI is InChI=1S/C21H22F3N3O4/c1-12-15(13(2)26-20(29)16(12)11-25)5-7-19(28)27-17-10-14(21(22,23)24)4-6-18(17)31-9-8-30-3/h4,6,10H,5,7-9H2,1-3H3,(H,26,29)(H,27,28). The van der Waals surface area contributed by atoms with Gasteiger partial charge in [-0.25, -0.2) is 0 Å². The van der Waals surface area contributed by atoms with Crippen LogP contribution in [0.2, 0.25) is 0 Å². The number of nitrogens with zero attached hydrogens (tertiary/aromatic N) is 1. The van der Waals surface area contributed by atoms with E-state index >= 15 is 0 Å². The van der Waals surface area contributed by atoms with E-state index in [1.54, 1.807) is 13.8 Å². The van der Waals surface area contributed by atoms with Crippen LogP contribution in [0.15, 0.2) is 23.0 Å². The third-order valence-electron chi connectivity index (χ3n) is 4.65. The highest BCUT2D eigenvalue weighted by molar-refractivity contribution is 5.92. The lowest BCUT2D eigenvalue weighted by molar-refractivity contribution is -0.137. The molecule has 1 heterocycles. The number of pyridine rings is 1. The van der Waals surface area contributed by atoms with Crippen molar-refractivity contribution >= 4 is 11.6 Å². The van der Waals surface area contributed by atoms with E-state index in [2.05, 4.69) is 10.3 Å². The highest BCUT2D eigenvalue weighted by atomic mass is 19.4. The van der Waals surface area contributed by atoms with Crippen LogP contribution in [0.5, 0.6) is 5.75 Å². The first-order chi connectivity index (χ1) is 14.6. The number of ether oxygens (including phenoxy) is 2. The lowest BCUT2D eigenvalue weighted by atomic mass is 9.99. The monoisotopic (exact) mass is 437 g/mol. The van der Waals surface area contributed by atoms with Crippen molar-refractivity contribution in [3.8, 4) is 11.8 Å². The topological polar surface area (TPSA) is 104 Å². The van der Waals surface area contributed by atoms with Crippen LogP contribution in [-0.2, 0) is 22.1 Å². The van der Waals surface area contributed by atoms with Crippen molar-refractivity contribution in [1.29, 1.82) is 5.26 Å². The molecule has 0 saturated heterocycles. The zero-order valence-electron chi connectivity index (χ0n) is 17.3. The summed E-state index contributed by atoms with van der Waals surface area (Å²) in [4.78, 5) is 26.8. The Morgan fingerprint density at radius 3 is 2.58 bits per heavy atom. The molecule has 0 aliphatic heterocycles. The second-order valence-electron chi connectivity index (χ2n) is 6.77. The van der Waals surface area contributed by atoms with Crippen LogP contribution < -0.4 is 15.6 Å². The van der Waals surface area contributed by atoms with Gasteiger partial charge in [0, 0.05) is 19.2 Å². The molecule has 0 atom stereocenters. The summed E-state index contributed by atoms with van der Waals surface area (Å²) in [5.41, 5.74) is 0.0553. The predicted molar refractivity (Wildman–Crippen MR) is 107 cm³/mol. The van der Waals surface area contributed by atoms with Crippen LogP contribution in [-0.4, -0.2) is 31.2 Å². The normalized spacial score (nSPS) is 11.1. The first kappa shape index (κ1) is 24.0. The number of hydrogen-bond donors (Lipinski definition) is 2. The summed E-state index contributed by atoms with van der Waals surface area (Å²) in [5, 5.41) is 11.6. The molecule has 0 radical (unpaired) electrons. The van der Waals surface area contributed by atoms with Crippen LogP contribution in [0.4, 0.5) is 18.9 Å². The van der Waals surface area contributed by atoms with Gasteiger partial charge >= 0.3 is 6.18 Å². The SMILES string of the molecule is COCCOc1ccc(C(F)(F)F)cc1NC(=O)CCc1c(C)[nH]c(=O)c(C#N)c1C. The number of benzene rings is 1. The predicted octanol–water partition coefficient (Wildman–Crippen LogP) is 3.48. The Labute approximate surface area is 176 Å². The molecule has 1 aromatic carbocycles. The zero-order chi connectivity index (χ0) is 23.2.